The van der Waals surface area contributed by atoms with E-state index in [-0.39, 0.29) is 6.42 Å². The monoisotopic (exact) mass is 295 g/mol. The molecule has 0 aliphatic heterocycles. The van der Waals surface area contributed by atoms with Crippen LogP contribution in [0.5, 0.6) is 5.75 Å². The maximum atomic E-state index is 11.7. The highest BCUT2D eigenvalue weighted by atomic mass is 16.5. The van der Waals surface area contributed by atoms with E-state index >= 15 is 0 Å². The predicted molar refractivity (Wildman–Crippen MR) is 77.2 cm³/mol. The molecule has 1 aromatic carbocycles. The maximum absolute atomic E-state index is 11.7. The van der Waals surface area contributed by atoms with Crippen molar-refractivity contribution in [3.05, 3.63) is 30.3 Å². The molecule has 6 heteroatoms. The molecule has 0 bridgehead atoms. The molecule has 0 saturated carbocycles. The average Bonchev–Trinajstić information content (AvgIpc) is 2.45. The Balaban J connectivity index is 2.92. The van der Waals surface area contributed by atoms with Crippen LogP contribution in [-0.4, -0.2) is 34.4 Å². The van der Waals surface area contributed by atoms with Crippen molar-refractivity contribution in [2.45, 2.75) is 38.3 Å². The van der Waals surface area contributed by atoms with Gasteiger partial charge in [0.1, 0.15) is 5.75 Å². The molecular formula is C15H21NO5. The van der Waals surface area contributed by atoms with Crippen LogP contribution in [0.15, 0.2) is 30.3 Å². The molecule has 3 N–H and O–H groups in total. The fourth-order valence-electron chi connectivity index (χ4n) is 1.93. The van der Waals surface area contributed by atoms with Gasteiger partial charge in [-0.2, -0.15) is 0 Å². The van der Waals surface area contributed by atoms with E-state index in [9.17, 15) is 14.7 Å². The first-order valence-electron chi connectivity index (χ1n) is 6.94. The lowest BCUT2D eigenvalue weighted by molar-refractivity contribution is -0.160. The molecule has 0 saturated heterocycles. The van der Waals surface area contributed by atoms with Crippen molar-refractivity contribution in [2.24, 2.45) is 0 Å². The molecule has 0 amide bonds. The van der Waals surface area contributed by atoms with Gasteiger partial charge < -0.3 is 14.9 Å². The molecule has 0 spiro atoms. The largest absolute Gasteiger partial charge is 0.480 e. The highest BCUT2D eigenvalue weighted by Gasteiger charge is 2.40. The number of para-hydroxylation sites is 1. The van der Waals surface area contributed by atoms with Gasteiger partial charge in [0, 0.05) is 6.42 Å². The molecule has 21 heavy (non-hydrogen) atoms. The van der Waals surface area contributed by atoms with Gasteiger partial charge >= 0.3 is 11.9 Å². The lowest BCUT2D eigenvalue weighted by atomic mass is 10.0. The fourth-order valence-corrected chi connectivity index (χ4v) is 1.93. The van der Waals surface area contributed by atoms with E-state index in [1.54, 1.807) is 30.3 Å². The minimum Gasteiger partial charge on any atom is -0.480 e. The van der Waals surface area contributed by atoms with Gasteiger partial charge in [0.05, 0.1) is 6.54 Å². The highest BCUT2D eigenvalue weighted by molar-refractivity contribution is 5.79. The van der Waals surface area contributed by atoms with Crippen LogP contribution < -0.4 is 10.1 Å². The number of carboxylic acids is 2. The number of rotatable bonds is 10. The zero-order valence-electron chi connectivity index (χ0n) is 12.0. The molecule has 0 heterocycles. The lowest BCUT2D eigenvalue weighted by Crippen LogP contribution is -2.58. The number of hydrogen-bond donors (Lipinski definition) is 3. The molecule has 1 rings (SSSR count). The Morgan fingerprint density at radius 3 is 2.38 bits per heavy atom. The third-order valence-electron chi connectivity index (χ3n) is 3.04. The summed E-state index contributed by atoms with van der Waals surface area (Å²) >= 11 is 0. The molecule has 1 unspecified atom stereocenters. The first kappa shape index (κ1) is 17.0. The van der Waals surface area contributed by atoms with E-state index in [0.29, 0.717) is 12.2 Å². The Morgan fingerprint density at radius 2 is 1.86 bits per heavy atom. The zero-order valence-corrected chi connectivity index (χ0v) is 12.0. The lowest BCUT2D eigenvalue weighted by Gasteiger charge is -2.31. The van der Waals surface area contributed by atoms with Crippen LogP contribution in [0, 0.1) is 0 Å². The third-order valence-corrected chi connectivity index (χ3v) is 3.04. The van der Waals surface area contributed by atoms with Crippen molar-refractivity contribution in [1.82, 2.24) is 5.32 Å². The van der Waals surface area contributed by atoms with Crippen LogP contribution in [0.3, 0.4) is 0 Å². The molecular weight excluding hydrogens is 274 g/mol. The molecule has 0 fully saturated rings. The minimum atomic E-state index is -1.73. The first-order valence-corrected chi connectivity index (χ1v) is 6.94. The number of hydrogen-bond acceptors (Lipinski definition) is 4. The van der Waals surface area contributed by atoms with Gasteiger partial charge in [-0.1, -0.05) is 38.0 Å². The van der Waals surface area contributed by atoms with E-state index in [1.807, 2.05) is 6.92 Å². The quantitative estimate of drug-likeness (QED) is 0.452. The first-order chi connectivity index (χ1) is 10.00. The Kier molecular flexibility index (Phi) is 6.68. The summed E-state index contributed by atoms with van der Waals surface area (Å²) in [5.74, 6) is -1.97. The number of benzene rings is 1. The van der Waals surface area contributed by atoms with Crippen molar-refractivity contribution >= 4 is 11.9 Å². The van der Waals surface area contributed by atoms with E-state index < -0.39 is 24.2 Å². The van der Waals surface area contributed by atoms with Crippen LogP contribution in [0.25, 0.3) is 0 Å². The van der Waals surface area contributed by atoms with Gasteiger partial charge in [0.15, 0.2) is 0 Å². The van der Waals surface area contributed by atoms with E-state index in [0.717, 1.165) is 12.8 Å². The number of ether oxygens (including phenoxy) is 1. The molecule has 6 nitrogen and oxygen atoms in total. The second kappa shape index (κ2) is 8.26. The third kappa shape index (κ3) is 5.43. The van der Waals surface area contributed by atoms with E-state index in [2.05, 4.69) is 5.32 Å². The van der Waals surface area contributed by atoms with Crippen molar-refractivity contribution in [3.8, 4) is 5.75 Å². The zero-order chi connectivity index (χ0) is 15.7. The summed E-state index contributed by atoms with van der Waals surface area (Å²) in [7, 11) is 0. The van der Waals surface area contributed by atoms with Gasteiger partial charge in [-0.3, -0.25) is 10.1 Å². The standard InChI is InChI=1S/C15H21NO5/c1-2-3-7-10-15(14(19)20,16-11-13(17)18)21-12-8-5-4-6-9-12/h4-6,8-9,16H,2-3,7,10-11H2,1H3,(H,17,18)(H,19,20). The Bertz CT molecular complexity index is 462. The second-order valence-electron chi connectivity index (χ2n) is 4.75. The van der Waals surface area contributed by atoms with E-state index in [1.165, 1.54) is 0 Å². The van der Waals surface area contributed by atoms with Gasteiger partial charge in [-0.05, 0) is 18.6 Å². The molecule has 1 aromatic rings. The topological polar surface area (TPSA) is 95.9 Å². The molecule has 116 valence electrons. The Labute approximate surface area is 123 Å². The maximum Gasteiger partial charge on any atom is 0.363 e. The van der Waals surface area contributed by atoms with Crippen molar-refractivity contribution in [1.29, 1.82) is 0 Å². The summed E-state index contributed by atoms with van der Waals surface area (Å²) < 4.78 is 5.59. The van der Waals surface area contributed by atoms with Crippen molar-refractivity contribution in [2.75, 3.05) is 6.54 Å². The van der Waals surface area contributed by atoms with Crippen LogP contribution >= 0.6 is 0 Å². The SMILES string of the molecule is CCCCCC(NCC(=O)O)(Oc1ccccc1)C(=O)O. The Hall–Kier alpha value is -2.08. The smallest absolute Gasteiger partial charge is 0.363 e. The van der Waals surface area contributed by atoms with Crippen molar-refractivity contribution < 1.29 is 24.5 Å². The van der Waals surface area contributed by atoms with Gasteiger partial charge in [-0.15, -0.1) is 0 Å². The van der Waals surface area contributed by atoms with Crippen molar-refractivity contribution in [3.63, 3.8) is 0 Å². The summed E-state index contributed by atoms with van der Waals surface area (Å²) in [5, 5.41) is 20.8. The van der Waals surface area contributed by atoms with Gasteiger partial charge in [0.25, 0.3) is 5.72 Å². The molecule has 0 aromatic heterocycles. The number of carboxylic acid groups (broad SMARTS) is 2. The van der Waals surface area contributed by atoms with Crippen LogP contribution in [0.1, 0.15) is 32.6 Å². The summed E-state index contributed by atoms with van der Waals surface area (Å²) in [6, 6.07) is 8.52. The summed E-state index contributed by atoms with van der Waals surface area (Å²) in [5.41, 5.74) is -1.73. The molecule has 1 atom stereocenters. The normalized spacial score (nSPS) is 13.4. The minimum absolute atomic E-state index is 0.193. The number of nitrogens with one attached hydrogen (secondary N) is 1. The molecule has 0 aliphatic rings. The van der Waals surface area contributed by atoms with Gasteiger partial charge in [0.2, 0.25) is 0 Å². The average molecular weight is 295 g/mol. The van der Waals surface area contributed by atoms with Gasteiger partial charge in [-0.25, -0.2) is 4.79 Å². The molecule has 0 aliphatic carbocycles. The fraction of sp³-hybridized carbons (Fsp3) is 0.467. The Morgan fingerprint density at radius 1 is 1.19 bits per heavy atom. The van der Waals surface area contributed by atoms with E-state index in [4.69, 9.17) is 9.84 Å². The summed E-state index contributed by atoms with van der Waals surface area (Å²) in [6.07, 6.45) is 2.60. The summed E-state index contributed by atoms with van der Waals surface area (Å²) in [4.78, 5) is 22.4. The summed E-state index contributed by atoms with van der Waals surface area (Å²) in [6.45, 7) is 1.52. The number of carbonyl (C=O) groups is 2. The molecule has 0 radical (unpaired) electrons. The number of unbranched alkanes of at least 4 members (excludes halogenated alkanes) is 2. The predicted octanol–water partition coefficient (Wildman–Crippen LogP) is 2.10. The van der Waals surface area contributed by atoms with Crippen LogP contribution in [0.4, 0.5) is 0 Å². The second-order valence-corrected chi connectivity index (χ2v) is 4.75. The van der Waals surface area contributed by atoms with Crippen LogP contribution in [-0.2, 0) is 9.59 Å². The highest BCUT2D eigenvalue weighted by Crippen LogP contribution is 2.22. The number of aliphatic carboxylic acids is 2. The van der Waals surface area contributed by atoms with Crippen LogP contribution in [0.2, 0.25) is 0 Å².